The van der Waals surface area contributed by atoms with E-state index in [2.05, 4.69) is 35.1 Å². The Morgan fingerprint density at radius 2 is 1.59 bits per heavy atom. The molecule has 1 atom stereocenters. The van der Waals surface area contributed by atoms with Gasteiger partial charge in [0.15, 0.2) is 0 Å². The molecule has 3 aromatic carbocycles. The molecule has 9 heteroatoms. The largest absolute Gasteiger partial charge is 0.354 e. The molecule has 0 aromatic heterocycles. The first-order valence-corrected chi connectivity index (χ1v) is 15.3. The summed E-state index contributed by atoms with van der Waals surface area (Å²) in [6.07, 6.45) is 0.757. The van der Waals surface area contributed by atoms with Crippen LogP contribution in [0.25, 0.3) is 0 Å². The van der Waals surface area contributed by atoms with E-state index >= 15 is 0 Å². The van der Waals surface area contributed by atoms with E-state index < -0.39 is 28.5 Å². The highest BCUT2D eigenvalue weighted by molar-refractivity contribution is 9.10. The average Bonchev–Trinajstić information content (AvgIpc) is 2.93. The molecule has 0 spiro atoms. The molecule has 0 bridgehead atoms. The predicted molar refractivity (Wildman–Crippen MR) is 159 cm³/mol. The van der Waals surface area contributed by atoms with Crippen LogP contribution in [0.5, 0.6) is 0 Å². The van der Waals surface area contributed by atoms with E-state index in [1.54, 1.807) is 37.3 Å². The lowest BCUT2D eigenvalue weighted by molar-refractivity contribution is -0.139. The minimum absolute atomic E-state index is 0.0815. The van der Waals surface area contributed by atoms with Crippen molar-refractivity contribution in [2.75, 3.05) is 17.4 Å². The Morgan fingerprint density at radius 3 is 2.18 bits per heavy atom. The highest BCUT2D eigenvalue weighted by Gasteiger charge is 2.32. The van der Waals surface area contributed by atoms with Crippen molar-refractivity contribution in [3.8, 4) is 0 Å². The lowest BCUT2D eigenvalue weighted by Crippen LogP contribution is -2.51. The van der Waals surface area contributed by atoms with Crippen molar-refractivity contribution in [1.82, 2.24) is 10.2 Å². The molecule has 2 amide bonds. The normalized spacial score (nSPS) is 12.2. The maximum absolute atomic E-state index is 13.9. The zero-order chi connectivity index (χ0) is 28.6. The van der Waals surface area contributed by atoms with Crippen LogP contribution in [0.1, 0.15) is 51.2 Å². The number of carbonyl (C=O) groups is 2. The van der Waals surface area contributed by atoms with Crippen molar-refractivity contribution in [1.29, 1.82) is 0 Å². The number of sulfonamides is 1. The monoisotopic (exact) mass is 613 g/mol. The summed E-state index contributed by atoms with van der Waals surface area (Å²) < 4.78 is 29.6. The first kappa shape index (κ1) is 30.4. The number of nitrogens with one attached hydrogen (secondary N) is 1. The van der Waals surface area contributed by atoms with E-state index in [0.29, 0.717) is 12.2 Å². The third kappa shape index (κ3) is 7.92. The van der Waals surface area contributed by atoms with E-state index in [1.807, 2.05) is 43.3 Å². The maximum atomic E-state index is 13.9. The third-order valence-electron chi connectivity index (χ3n) is 6.42. The fraction of sp³-hybridized carbons (Fsp3) is 0.333. The maximum Gasteiger partial charge on any atom is 0.264 e. The summed E-state index contributed by atoms with van der Waals surface area (Å²) in [4.78, 5) is 28.4. The van der Waals surface area contributed by atoms with Crippen LogP contribution in [0.2, 0.25) is 0 Å². The van der Waals surface area contributed by atoms with Gasteiger partial charge in [-0.25, -0.2) is 8.42 Å². The molecule has 0 radical (unpaired) electrons. The Morgan fingerprint density at radius 1 is 0.923 bits per heavy atom. The van der Waals surface area contributed by atoms with Crippen LogP contribution in [0, 0.1) is 0 Å². The second-order valence-corrected chi connectivity index (χ2v) is 12.5. The number of nitrogens with zero attached hydrogens (tertiary/aromatic N) is 2. The van der Waals surface area contributed by atoms with E-state index in [1.165, 1.54) is 17.0 Å². The van der Waals surface area contributed by atoms with Crippen LogP contribution < -0.4 is 9.62 Å². The van der Waals surface area contributed by atoms with Crippen molar-refractivity contribution in [3.63, 3.8) is 0 Å². The summed E-state index contributed by atoms with van der Waals surface area (Å²) in [5.41, 5.74) is 2.24. The molecule has 0 saturated heterocycles. The number of carbonyl (C=O) groups excluding carboxylic acids is 2. The van der Waals surface area contributed by atoms with Gasteiger partial charge in [0.25, 0.3) is 10.0 Å². The first-order chi connectivity index (χ1) is 18.5. The second-order valence-electron chi connectivity index (χ2n) is 9.69. The van der Waals surface area contributed by atoms with Gasteiger partial charge in [-0.15, -0.1) is 0 Å². The molecule has 3 rings (SSSR count). The van der Waals surface area contributed by atoms with E-state index in [4.69, 9.17) is 0 Å². The van der Waals surface area contributed by atoms with Crippen molar-refractivity contribution >= 4 is 43.5 Å². The molecule has 0 saturated carbocycles. The molecule has 0 heterocycles. The Labute approximate surface area is 240 Å². The van der Waals surface area contributed by atoms with Gasteiger partial charge in [-0.05, 0) is 66.8 Å². The van der Waals surface area contributed by atoms with E-state index in [-0.39, 0.29) is 23.3 Å². The smallest absolute Gasteiger partial charge is 0.264 e. The molecule has 0 aliphatic carbocycles. The molecule has 1 N–H and O–H groups in total. The summed E-state index contributed by atoms with van der Waals surface area (Å²) in [6.45, 7) is 7.89. The van der Waals surface area contributed by atoms with Crippen LogP contribution in [0.3, 0.4) is 0 Å². The second kappa shape index (κ2) is 13.8. The van der Waals surface area contributed by atoms with Crippen LogP contribution in [0.15, 0.2) is 88.2 Å². The van der Waals surface area contributed by atoms with Crippen molar-refractivity contribution < 1.29 is 18.0 Å². The highest BCUT2D eigenvalue weighted by Crippen LogP contribution is 2.26. The molecule has 39 heavy (non-hydrogen) atoms. The molecule has 3 aromatic rings. The SMILES string of the molecule is CCCNC(=O)[C@@H](C)N(Cc1cccc(Br)c1)C(=O)CN(c1ccc(C(C)C)cc1)S(=O)(=O)c1ccccc1. The van der Waals surface area contributed by atoms with Crippen molar-refractivity contribution in [2.24, 2.45) is 0 Å². The van der Waals surface area contributed by atoms with Gasteiger partial charge < -0.3 is 10.2 Å². The first-order valence-electron chi connectivity index (χ1n) is 13.0. The summed E-state index contributed by atoms with van der Waals surface area (Å²) in [6, 6.07) is 21.9. The molecule has 0 unspecified atom stereocenters. The minimum atomic E-state index is -4.08. The standard InChI is InChI=1S/C30H36BrN3O4S/c1-5-18-32-30(36)23(4)33(20-24-10-9-11-26(31)19-24)29(35)21-34(27-16-14-25(15-17-27)22(2)3)39(37,38)28-12-7-6-8-13-28/h6-17,19,22-23H,5,18,20-21H2,1-4H3,(H,32,36)/t23-/m1/s1. The molecule has 0 fully saturated rings. The lowest BCUT2D eigenvalue weighted by Gasteiger charge is -2.32. The van der Waals surface area contributed by atoms with Crippen molar-refractivity contribution in [2.45, 2.75) is 57.5 Å². The molecular weight excluding hydrogens is 578 g/mol. The Kier molecular flexibility index (Phi) is 10.7. The van der Waals surface area contributed by atoms with Crippen LogP contribution in [-0.2, 0) is 26.2 Å². The number of amides is 2. The number of anilines is 1. The van der Waals surface area contributed by atoms with Crippen LogP contribution >= 0.6 is 15.9 Å². The zero-order valence-electron chi connectivity index (χ0n) is 22.8. The highest BCUT2D eigenvalue weighted by atomic mass is 79.9. The third-order valence-corrected chi connectivity index (χ3v) is 8.70. The summed E-state index contributed by atoms with van der Waals surface area (Å²) >= 11 is 3.46. The number of halogens is 1. The van der Waals surface area contributed by atoms with Gasteiger partial charge in [0.05, 0.1) is 10.6 Å². The molecule has 208 valence electrons. The van der Waals surface area contributed by atoms with Crippen molar-refractivity contribution in [3.05, 3.63) is 94.5 Å². The Balaban J connectivity index is 2.02. The predicted octanol–water partition coefficient (Wildman–Crippen LogP) is 5.71. The van der Waals surface area contributed by atoms with Gasteiger partial charge in [0.1, 0.15) is 12.6 Å². The van der Waals surface area contributed by atoms with Crippen LogP contribution in [0.4, 0.5) is 5.69 Å². The molecular formula is C30H36BrN3O4S. The number of rotatable bonds is 12. The Bertz CT molecular complexity index is 1360. The Hall–Kier alpha value is -3.17. The average molecular weight is 615 g/mol. The lowest BCUT2D eigenvalue weighted by atomic mass is 10.0. The summed E-state index contributed by atoms with van der Waals surface area (Å²) in [7, 11) is -4.08. The van der Waals surface area contributed by atoms with Gasteiger partial charge >= 0.3 is 0 Å². The van der Waals surface area contributed by atoms with Crippen LogP contribution in [-0.4, -0.2) is 44.3 Å². The minimum Gasteiger partial charge on any atom is -0.354 e. The fourth-order valence-electron chi connectivity index (χ4n) is 4.08. The van der Waals surface area contributed by atoms with E-state index in [9.17, 15) is 18.0 Å². The van der Waals surface area contributed by atoms with E-state index in [0.717, 1.165) is 26.3 Å². The molecule has 0 aliphatic heterocycles. The number of hydrogen-bond acceptors (Lipinski definition) is 4. The van der Waals surface area contributed by atoms with Gasteiger partial charge in [0.2, 0.25) is 11.8 Å². The number of hydrogen-bond donors (Lipinski definition) is 1. The molecule has 7 nitrogen and oxygen atoms in total. The fourth-order valence-corrected chi connectivity index (χ4v) is 5.97. The van der Waals surface area contributed by atoms with Gasteiger partial charge in [-0.2, -0.15) is 0 Å². The topological polar surface area (TPSA) is 86.8 Å². The number of benzene rings is 3. The zero-order valence-corrected chi connectivity index (χ0v) is 25.2. The van der Waals surface area contributed by atoms with Gasteiger partial charge in [0, 0.05) is 17.6 Å². The molecule has 0 aliphatic rings. The van der Waals surface area contributed by atoms with Gasteiger partial charge in [-0.3, -0.25) is 13.9 Å². The quantitative estimate of drug-likeness (QED) is 0.283. The summed E-state index contributed by atoms with van der Waals surface area (Å²) in [5, 5.41) is 2.85. The van der Waals surface area contributed by atoms with Gasteiger partial charge in [-0.1, -0.05) is 79.2 Å². The summed E-state index contributed by atoms with van der Waals surface area (Å²) in [5.74, 6) is -0.511.